The van der Waals surface area contributed by atoms with E-state index in [4.69, 9.17) is 14.8 Å². The fourth-order valence-corrected chi connectivity index (χ4v) is 4.86. The van der Waals surface area contributed by atoms with Crippen molar-refractivity contribution < 1.29 is 4.74 Å². The monoisotopic (exact) mass is 432 g/mol. The summed E-state index contributed by atoms with van der Waals surface area (Å²) in [4.78, 5) is 16.4. The fraction of sp³-hybridized carbons (Fsp3) is 0.478. The first-order chi connectivity index (χ1) is 15.8. The van der Waals surface area contributed by atoms with E-state index in [9.17, 15) is 0 Å². The van der Waals surface area contributed by atoms with E-state index in [2.05, 4.69) is 36.2 Å². The van der Waals surface area contributed by atoms with Gasteiger partial charge in [-0.2, -0.15) is 5.10 Å². The summed E-state index contributed by atoms with van der Waals surface area (Å²) in [5, 5.41) is 11.4. The number of aromatic nitrogens is 5. The van der Waals surface area contributed by atoms with Gasteiger partial charge in [0.2, 0.25) is 5.95 Å². The molecule has 2 aliphatic heterocycles. The van der Waals surface area contributed by atoms with Crippen LogP contribution in [-0.2, 0) is 17.6 Å². The third-order valence-electron chi connectivity index (χ3n) is 6.63. The number of nitrogens with zero attached hydrogens (tertiary/aromatic N) is 6. The van der Waals surface area contributed by atoms with Crippen molar-refractivity contribution in [2.24, 2.45) is 0 Å². The lowest BCUT2D eigenvalue weighted by molar-refractivity contribution is 0.0667. The Kier molecular flexibility index (Phi) is 5.20. The van der Waals surface area contributed by atoms with E-state index >= 15 is 0 Å². The maximum absolute atomic E-state index is 5.55. The summed E-state index contributed by atoms with van der Waals surface area (Å²) in [5.41, 5.74) is 5.73. The number of ether oxygens (including phenoxy) is 1. The summed E-state index contributed by atoms with van der Waals surface area (Å²) in [7, 11) is 0. The SMILES string of the molecule is c1cc(Nc2ncc3c(n2)-c2c(cnn2C2CCOCC2)CC3)ncc1N1CCNCC1. The minimum Gasteiger partial charge on any atom is -0.381 e. The molecule has 0 unspecified atom stereocenters. The van der Waals surface area contributed by atoms with Crippen LogP contribution in [0.4, 0.5) is 17.5 Å². The van der Waals surface area contributed by atoms with E-state index < -0.39 is 0 Å². The normalized spacial score (nSPS) is 18.8. The van der Waals surface area contributed by atoms with Gasteiger partial charge in [0.05, 0.1) is 35.5 Å². The largest absolute Gasteiger partial charge is 0.381 e. The van der Waals surface area contributed by atoms with Gasteiger partial charge in [-0.3, -0.25) is 4.68 Å². The molecule has 3 aromatic rings. The Balaban J connectivity index is 1.26. The zero-order chi connectivity index (χ0) is 21.3. The Bertz CT molecular complexity index is 1080. The first-order valence-electron chi connectivity index (χ1n) is 11.5. The summed E-state index contributed by atoms with van der Waals surface area (Å²) in [6.07, 6.45) is 9.79. The number of nitrogens with one attached hydrogen (secondary N) is 2. The number of anilines is 3. The van der Waals surface area contributed by atoms with E-state index in [-0.39, 0.29) is 0 Å². The topological polar surface area (TPSA) is 93.0 Å². The second-order valence-electron chi connectivity index (χ2n) is 8.64. The smallest absolute Gasteiger partial charge is 0.228 e. The minimum absolute atomic E-state index is 0.365. The van der Waals surface area contributed by atoms with Crippen molar-refractivity contribution in [3.63, 3.8) is 0 Å². The van der Waals surface area contributed by atoms with E-state index in [0.29, 0.717) is 12.0 Å². The van der Waals surface area contributed by atoms with Crippen LogP contribution in [0.2, 0.25) is 0 Å². The molecular formula is C23H28N8O. The molecule has 32 heavy (non-hydrogen) atoms. The Morgan fingerprint density at radius 3 is 2.62 bits per heavy atom. The summed E-state index contributed by atoms with van der Waals surface area (Å²) >= 11 is 0. The van der Waals surface area contributed by atoms with Crippen LogP contribution in [0, 0.1) is 0 Å². The van der Waals surface area contributed by atoms with Gasteiger partial charge in [-0.25, -0.2) is 15.0 Å². The average molecular weight is 433 g/mol. The number of hydrogen-bond acceptors (Lipinski definition) is 8. The lowest BCUT2D eigenvalue weighted by atomic mass is 9.95. The van der Waals surface area contributed by atoms with Gasteiger partial charge in [0.25, 0.3) is 0 Å². The Hall–Kier alpha value is -3.04. The van der Waals surface area contributed by atoms with E-state index in [1.165, 1.54) is 11.1 Å². The highest BCUT2D eigenvalue weighted by Gasteiger charge is 2.27. The molecule has 2 N–H and O–H groups in total. The van der Waals surface area contributed by atoms with Crippen LogP contribution in [-0.4, -0.2) is 64.1 Å². The van der Waals surface area contributed by atoms with Gasteiger partial charge in [-0.05, 0) is 43.4 Å². The van der Waals surface area contributed by atoms with Gasteiger partial charge in [-0.1, -0.05) is 0 Å². The molecule has 0 radical (unpaired) electrons. The fourth-order valence-electron chi connectivity index (χ4n) is 4.86. The van der Waals surface area contributed by atoms with Crippen LogP contribution < -0.4 is 15.5 Å². The van der Waals surface area contributed by atoms with Gasteiger partial charge in [-0.15, -0.1) is 0 Å². The molecule has 2 fully saturated rings. The van der Waals surface area contributed by atoms with Gasteiger partial charge < -0.3 is 20.3 Å². The lowest BCUT2D eigenvalue weighted by Crippen LogP contribution is -2.43. The predicted octanol–water partition coefficient (Wildman–Crippen LogP) is 2.34. The second-order valence-corrected chi connectivity index (χ2v) is 8.64. The molecule has 3 aliphatic rings. The van der Waals surface area contributed by atoms with E-state index in [1.54, 1.807) is 0 Å². The molecule has 1 aliphatic carbocycles. The molecule has 5 heterocycles. The lowest BCUT2D eigenvalue weighted by Gasteiger charge is -2.29. The van der Waals surface area contributed by atoms with E-state index in [1.807, 2.05) is 24.7 Å². The molecule has 166 valence electrons. The molecule has 9 heteroatoms. The molecule has 2 saturated heterocycles. The Labute approximate surface area is 187 Å². The van der Waals surface area contributed by atoms with Gasteiger partial charge in [0.1, 0.15) is 5.82 Å². The first-order valence-corrected chi connectivity index (χ1v) is 11.5. The Morgan fingerprint density at radius 1 is 0.969 bits per heavy atom. The van der Waals surface area contributed by atoms with Crippen molar-refractivity contribution in [2.75, 3.05) is 49.6 Å². The summed E-state index contributed by atoms with van der Waals surface area (Å²) in [6, 6.07) is 4.47. The molecule has 0 bridgehead atoms. The number of hydrogen-bond donors (Lipinski definition) is 2. The van der Waals surface area contributed by atoms with Crippen LogP contribution in [0.5, 0.6) is 0 Å². The molecule has 0 atom stereocenters. The molecule has 0 amide bonds. The number of piperazine rings is 1. The molecule has 0 saturated carbocycles. The van der Waals surface area contributed by atoms with Crippen molar-refractivity contribution in [1.82, 2.24) is 30.0 Å². The molecule has 3 aromatic heterocycles. The van der Waals surface area contributed by atoms with Crippen molar-refractivity contribution in [3.8, 4) is 11.4 Å². The van der Waals surface area contributed by atoms with Gasteiger partial charge in [0.15, 0.2) is 0 Å². The number of aryl methyl sites for hydroxylation is 2. The predicted molar refractivity (Wildman–Crippen MR) is 122 cm³/mol. The van der Waals surface area contributed by atoms with Crippen LogP contribution in [0.1, 0.15) is 30.0 Å². The molecule has 9 nitrogen and oxygen atoms in total. The Morgan fingerprint density at radius 2 is 1.81 bits per heavy atom. The van der Waals surface area contributed by atoms with Crippen LogP contribution in [0.25, 0.3) is 11.4 Å². The summed E-state index contributed by atoms with van der Waals surface area (Å²) in [5.74, 6) is 1.32. The van der Waals surface area contributed by atoms with Crippen LogP contribution >= 0.6 is 0 Å². The van der Waals surface area contributed by atoms with Gasteiger partial charge in [0, 0.05) is 51.2 Å². The summed E-state index contributed by atoms with van der Waals surface area (Å²) < 4.78 is 7.73. The second kappa shape index (κ2) is 8.48. The molecular weight excluding hydrogens is 404 g/mol. The first kappa shape index (κ1) is 19.6. The van der Waals surface area contributed by atoms with Crippen LogP contribution in [0.3, 0.4) is 0 Å². The van der Waals surface area contributed by atoms with Crippen molar-refractivity contribution in [3.05, 3.63) is 41.9 Å². The van der Waals surface area contributed by atoms with Crippen LogP contribution in [0.15, 0.2) is 30.7 Å². The number of fused-ring (bicyclic) bond motifs is 3. The highest BCUT2D eigenvalue weighted by atomic mass is 16.5. The standard InChI is InChI=1S/C23H28N8O/c1-2-17-14-27-31(18-5-11-32-12-6-18)22(17)21-16(1)13-26-23(29-21)28-20-4-3-19(15-25-20)30-9-7-24-8-10-30/h3-4,13-15,18,24H,1-2,5-12H2,(H,25,26,28,29). The highest BCUT2D eigenvalue weighted by Crippen LogP contribution is 2.36. The molecule has 6 rings (SSSR count). The average Bonchev–Trinajstić information content (AvgIpc) is 3.30. The minimum atomic E-state index is 0.365. The van der Waals surface area contributed by atoms with E-state index in [0.717, 1.165) is 88.0 Å². The van der Waals surface area contributed by atoms with Gasteiger partial charge >= 0.3 is 0 Å². The van der Waals surface area contributed by atoms with Crippen molar-refractivity contribution >= 4 is 17.5 Å². The molecule has 0 aromatic carbocycles. The zero-order valence-corrected chi connectivity index (χ0v) is 18.1. The van der Waals surface area contributed by atoms with Crippen molar-refractivity contribution in [2.45, 2.75) is 31.7 Å². The van der Waals surface area contributed by atoms with Crippen molar-refractivity contribution in [1.29, 1.82) is 0 Å². The maximum Gasteiger partial charge on any atom is 0.228 e. The highest BCUT2D eigenvalue weighted by molar-refractivity contribution is 5.67. The third kappa shape index (κ3) is 3.71. The molecule has 0 spiro atoms. The maximum atomic E-state index is 5.55. The number of pyridine rings is 1. The zero-order valence-electron chi connectivity index (χ0n) is 18.1. The number of rotatable bonds is 4. The third-order valence-corrected chi connectivity index (χ3v) is 6.63. The summed E-state index contributed by atoms with van der Waals surface area (Å²) in [6.45, 7) is 5.61. The quantitative estimate of drug-likeness (QED) is 0.649.